The molecule has 1 aromatic heterocycles. The number of benzene rings is 1. The van der Waals surface area contributed by atoms with Crippen molar-refractivity contribution in [3.05, 3.63) is 35.8 Å². The Hall–Kier alpha value is -1.35. The number of aromatic nitrogens is 1. The second kappa shape index (κ2) is 4.49. The van der Waals surface area contributed by atoms with E-state index >= 15 is 0 Å². The summed E-state index contributed by atoms with van der Waals surface area (Å²) >= 11 is 0. The maximum absolute atomic E-state index is 13.2. The molecule has 2 nitrogen and oxygen atoms in total. The largest absolute Gasteiger partial charge is 0.361 e. The molecule has 3 heteroatoms. The van der Waals surface area contributed by atoms with Gasteiger partial charge < -0.3 is 10.3 Å². The Labute approximate surface area is 101 Å². The Morgan fingerprint density at radius 1 is 1.29 bits per heavy atom. The van der Waals surface area contributed by atoms with Crippen LogP contribution in [0, 0.1) is 5.82 Å². The van der Waals surface area contributed by atoms with Crippen molar-refractivity contribution in [2.45, 2.75) is 32.7 Å². The van der Waals surface area contributed by atoms with Crippen LogP contribution in [0.15, 0.2) is 24.4 Å². The molecular weight excluding hydrogens is 215 g/mol. The van der Waals surface area contributed by atoms with Crippen LogP contribution >= 0.6 is 0 Å². The Morgan fingerprint density at radius 3 is 2.76 bits per heavy atom. The highest BCUT2D eigenvalue weighted by Crippen LogP contribution is 2.19. The van der Waals surface area contributed by atoms with Gasteiger partial charge in [-0.25, -0.2) is 4.39 Å². The molecule has 0 spiro atoms. The standard InChI is InChI=1S/C14H19FN2/c1-14(2,3)17-7-6-10-9-16-13-5-4-11(15)8-12(10)13/h4-5,8-9,16-17H,6-7H2,1-3H3. The molecule has 1 aromatic carbocycles. The first-order chi connectivity index (χ1) is 7.96. The predicted octanol–water partition coefficient (Wildman–Crippen LogP) is 3.24. The summed E-state index contributed by atoms with van der Waals surface area (Å²) in [5.41, 5.74) is 2.28. The maximum atomic E-state index is 13.2. The summed E-state index contributed by atoms with van der Waals surface area (Å²) in [6.45, 7) is 7.32. The summed E-state index contributed by atoms with van der Waals surface area (Å²) in [5, 5.41) is 4.42. The molecule has 0 aliphatic heterocycles. The number of hydrogen-bond acceptors (Lipinski definition) is 1. The molecule has 0 fully saturated rings. The number of halogens is 1. The van der Waals surface area contributed by atoms with E-state index in [9.17, 15) is 4.39 Å². The van der Waals surface area contributed by atoms with E-state index in [4.69, 9.17) is 0 Å². The predicted molar refractivity (Wildman–Crippen MR) is 69.7 cm³/mol. The highest BCUT2D eigenvalue weighted by atomic mass is 19.1. The normalized spacial score (nSPS) is 12.2. The summed E-state index contributed by atoms with van der Waals surface area (Å²) in [5.74, 6) is -0.179. The van der Waals surface area contributed by atoms with Crippen molar-refractivity contribution in [1.82, 2.24) is 10.3 Å². The van der Waals surface area contributed by atoms with Crippen molar-refractivity contribution in [1.29, 1.82) is 0 Å². The van der Waals surface area contributed by atoms with Gasteiger partial charge in [0.25, 0.3) is 0 Å². The lowest BCUT2D eigenvalue weighted by Gasteiger charge is -2.20. The molecule has 0 saturated carbocycles. The quantitative estimate of drug-likeness (QED) is 0.838. The molecule has 1 heterocycles. The first kappa shape index (κ1) is 12.1. The Morgan fingerprint density at radius 2 is 2.06 bits per heavy atom. The van der Waals surface area contributed by atoms with E-state index in [0.29, 0.717) is 0 Å². The lowest BCUT2D eigenvalue weighted by atomic mass is 10.1. The number of rotatable bonds is 3. The second-order valence-electron chi connectivity index (χ2n) is 5.43. The maximum Gasteiger partial charge on any atom is 0.123 e. The zero-order valence-corrected chi connectivity index (χ0v) is 10.6. The minimum absolute atomic E-state index is 0.122. The van der Waals surface area contributed by atoms with Gasteiger partial charge in [-0.05, 0) is 57.5 Å². The fourth-order valence-corrected chi connectivity index (χ4v) is 1.93. The van der Waals surface area contributed by atoms with Crippen molar-refractivity contribution in [2.24, 2.45) is 0 Å². The zero-order chi connectivity index (χ0) is 12.5. The number of hydrogen-bond donors (Lipinski definition) is 2. The van der Waals surface area contributed by atoms with Crippen LogP contribution in [0.5, 0.6) is 0 Å². The van der Waals surface area contributed by atoms with Crippen LogP contribution in [0.1, 0.15) is 26.3 Å². The van der Waals surface area contributed by atoms with Gasteiger partial charge in [-0.2, -0.15) is 0 Å². The monoisotopic (exact) mass is 234 g/mol. The van der Waals surface area contributed by atoms with Gasteiger partial charge in [-0.3, -0.25) is 0 Å². The van der Waals surface area contributed by atoms with E-state index in [2.05, 4.69) is 31.1 Å². The van der Waals surface area contributed by atoms with Crippen molar-refractivity contribution >= 4 is 10.9 Å². The number of H-pyrrole nitrogens is 1. The molecule has 0 atom stereocenters. The molecule has 0 radical (unpaired) electrons. The highest BCUT2D eigenvalue weighted by Gasteiger charge is 2.09. The molecule has 2 N–H and O–H groups in total. The van der Waals surface area contributed by atoms with Crippen molar-refractivity contribution in [3.8, 4) is 0 Å². The van der Waals surface area contributed by atoms with E-state index in [0.717, 1.165) is 29.4 Å². The third kappa shape index (κ3) is 3.07. The average Bonchev–Trinajstić information content (AvgIpc) is 2.59. The Bertz CT molecular complexity index is 508. The third-order valence-electron chi connectivity index (χ3n) is 2.78. The van der Waals surface area contributed by atoms with E-state index in [1.807, 2.05) is 6.20 Å². The van der Waals surface area contributed by atoms with Crippen molar-refractivity contribution in [2.75, 3.05) is 6.54 Å². The summed E-state index contributed by atoms with van der Waals surface area (Å²) in [7, 11) is 0. The van der Waals surface area contributed by atoms with E-state index in [-0.39, 0.29) is 11.4 Å². The Balaban J connectivity index is 2.11. The molecule has 0 saturated heterocycles. The average molecular weight is 234 g/mol. The summed E-state index contributed by atoms with van der Waals surface area (Å²) in [6.07, 6.45) is 2.87. The van der Waals surface area contributed by atoms with Gasteiger partial charge in [-0.1, -0.05) is 0 Å². The number of nitrogens with one attached hydrogen (secondary N) is 2. The SMILES string of the molecule is CC(C)(C)NCCc1c[nH]c2ccc(F)cc12. The van der Waals surface area contributed by atoms with Gasteiger partial charge in [-0.15, -0.1) is 0 Å². The molecular formula is C14H19FN2. The first-order valence-electron chi connectivity index (χ1n) is 5.96. The van der Waals surface area contributed by atoms with E-state index in [1.54, 1.807) is 12.1 Å². The second-order valence-corrected chi connectivity index (χ2v) is 5.43. The van der Waals surface area contributed by atoms with Gasteiger partial charge in [0, 0.05) is 22.6 Å². The number of aromatic amines is 1. The smallest absolute Gasteiger partial charge is 0.123 e. The van der Waals surface area contributed by atoms with Gasteiger partial charge in [0.05, 0.1) is 0 Å². The van der Waals surface area contributed by atoms with Crippen molar-refractivity contribution < 1.29 is 4.39 Å². The molecule has 0 amide bonds. The minimum atomic E-state index is -0.179. The van der Waals surface area contributed by atoms with Crippen molar-refractivity contribution in [3.63, 3.8) is 0 Å². The molecule has 0 unspecified atom stereocenters. The summed E-state index contributed by atoms with van der Waals surface area (Å²) in [4.78, 5) is 3.17. The van der Waals surface area contributed by atoms with Crippen LogP contribution in [-0.2, 0) is 6.42 Å². The van der Waals surface area contributed by atoms with Crippen LogP contribution in [0.3, 0.4) is 0 Å². The van der Waals surface area contributed by atoms with Crippen LogP contribution in [0.4, 0.5) is 4.39 Å². The van der Waals surface area contributed by atoms with E-state index < -0.39 is 0 Å². The summed E-state index contributed by atoms with van der Waals surface area (Å²) in [6, 6.07) is 4.86. The molecule has 17 heavy (non-hydrogen) atoms. The third-order valence-corrected chi connectivity index (χ3v) is 2.78. The fraction of sp³-hybridized carbons (Fsp3) is 0.429. The number of fused-ring (bicyclic) bond motifs is 1. The zero-order valence-electron chi connectivity index (χ0n) is 10.6. The molecule has 0 aliphatic carbocycles. The van der Waals surface area contributed by atoms with Crippen LogP contribution in [0.25, 0.3) is 10.9 Å². The fourth-order valence-electron chi connectivity index (χ4n) is 1.93. The first-order valence-corrected chi connectivity index (χ1v) is 5.96. The summed E-state index contributed by atoms with van der Waals surface area (Å²) < 4.78 is 13.2. The molecule has 2 aromatic rings. The lowest BCUT2D eigenvalue weighted by Crippen LogP contribution is -2.37. The molecule has 0 aliphatic rings. The van der Waals surface area contributed by atoms with Gasteiger partial charge in [0.2, 0.25) is 0 Å². The molecule has 0 bridgehead atoms. The van der Waals surface area contributed by atoms with Gasteiger partial charge >= 0.3 is 0 Å². The minimum Gasteiger partial charge on any atom is -0.361 e. The van der Waals surface area contributed by atoms with E-state index in [1.165, 1.54) is 6.07 Å². The topological polar surface area (TPSA) is 27.8 Å². The molecule has 2 rings (SSSR count). The van der Waals surface area contributed by atoms with Gasteiger partial charge in [0.15, 0.2) is 0 Å². The van der Waals surface area contributed by atoms with Crippen LogP contribution in [0.2, 0.25) is 0 Å². The van der Waals surface area contributed by atoms with Crippen LogP contribution in [-0.4, -0.2) is 17.1 Å². The van der Waals surface area contributed by atoms with Crippen LogP contribution < -0.4 is 5.32 Å². The highest BCUT2D eigenvalue weighted by molar-refractivity contribution is 5.83. The Kier molecular flexibility index (Phi) is 3.20. The lowest BCUT2D eigenvalue weighted by molar-refractivity contribution is 0.430. The molecule has 92 valence electrons. The van der Waals surface area contributed by atoms with Gasteiger partial charge in [0.1, 0.15) is 5.82 Å².